The summed E-state index contributed by atoms with van der Waals surface area (Å²) in [5, 5.41) is 9.24. The Labute approximate surface area is 194 Å². The van der Waals surface area contributed by atoms with Gasteiger partial charge in [-0.1, -0.05) is 0 Å². The first-order valence-electron chi connectivity index (χ1n) is 11.1. The molecule has 0 aromatic carbocycles. The van der Waals surface area contributed by atoms with Gasteiger partial charge in [0.2, 0.25) is 5.95 Å². The molecule has 33 heavy (non-hydrogen) atoms. The summed E-state index contributed by atoms with van der Waals surface area (Å²) < 4.78 is 51.1. The fourth-order valence-electron chi connectivity index (χ4n) is 4.68. The van der Waals surface area contributed by atoms with E-state index >= 15 is 0 Å². The average Bonchev–Trinajstić information content (AvgIpc) is 3.41. The van der Waals surface area contributed by atoms with Gasteiger partial charge in [0.25, 0.3) is 0 Å². The van der Waals surface area contributed by atoms with Gasteiger partial charge in [0.15, 0.2) is 11.4 Å². The first-order chi connectivity index (χ1) is 15.6. The van der Waals surface area contributed by atoms with Crippen LogP contribution in [0.15, 0.2) is 24.4 Å². The quantitative estimate of drug-likeness (QED) is 0.547. The zero-order valence-electron chi connectivity index (χ0n) is 18.8. The number of halogens is 3. The number of aryl methyl sites for hydroxylation is 1. The Kier molecular flexibility index (Phi) is 5.42. The van der Waals surface area contributed by atoms with E-state index in [0.29, 0.717) is 23.4 Å². The second kappa shape index (κ2) is 8.03. The summed E-state index contributed by atoms with van der Waals surface area (Å²) in [6.07, 6.45) is -0.348. The van der Waals surface area contributed by atoms with Crippen LogP contribution >= 0.6 is 11.5 Å². The zero-order valence-corrected chi connectivity index (χ0v) is 19.6. The summed E-state index contributed by atoms with van der Waals surface area (Å²) in [6.45, 7) is 5.69. The number of anilines is 2. The summed E-state index contributed by atoms with van der Waals surface area (Å²) in [5.74, 6) is 1.71. The van der Waals surface area contributed by atoms with E-state index in [-0.39, 0.29) is 11.8 Å². The standard InChI is InChI=1S/C22H27F3N6OS/c1-13-9-17(33-29-13)30-10-14-6-7-15(11-30)18(14)26-20-27-19-16(5-4-8-31(19)28-20)32-12-21(2,3)22(23,24)25/h4-5,8-9,14-15,18H,6-7,10-12H2,1-3H3,(H,26,28)/t14-,15+,18-. The van der Waals surface area contributed by atoms with Crippen molar-refractivity contribution in [2.75, 3.05) is 29.9 Å². The highest BCUT2D eigenvalue weighted by Crippen LogP contribution is 2.41. The van der Waals surface area contributed by atoms with E-state index in [0.717, 1.165) is 45.5 Å². The lowest BCUT2D eigenvalue weighted by molar-refractivity contribution is -0.219. The number of alkyl halides is 3. The molecule has 2 bridgehead atoms. The minimum atomic E-state index is -4.36. The molecule has 0 spiro atoms. The van der Waals surface area contributed by atoms with Crippen molar-refractivity contribution < 1.29 is 17.9 Å². The van der Waals surface area contributed by atoms with Crippen LogP contribution in [0.25, 0.3) is 5.65 Å². The van der Waals surface area contributed by atoms with Crippen LogP contribution in [0.3, 0.4) is 0 Å². The van der Waals surface area contributed by atoms with Crippen molar-refractivity contribution in [2.45, 2.75) is 45.8 Å². The third-order valence-electron chi connectivity index (χ3n) is 6.74. The van der Waals surface area contributed by atoms with Crippen molar-refractivity contribution in [3.05, 3.63) is 30.1 Å². The molecule has 0 amide bonds. The van der Waals surface area contributed by atoms with Gasteiger partial charge in [-0.25, -0.2) is 4.52 Å². The van der Waals surface area contributed by atoms with Crippen LogP contribution < -0.4 is 15.0 Å². The van der Waals surface area contributed by atoms with Gasteiger partial charge >= 0.3 is 6.18 Å². The van der Waals surface area contributed by atoms with Crippen LogP contribution in [-0.2, 0) is 0 Å². The topological polar surface area (TPSA) is 67.6 Å². The molecule has 3 aromatic heterocycles. The largest absolute Gasteiger partial charge is 0.489 e. The predicted molar refractivity (Wildman–Crippen MR) is 121 cm³/mol. The fourth-order valence-corrected chi connectivity index (χ4v) is 5.46. The number of fused-ring (bicyclic) bond motifs is 3. The Hall–Kier alpha value is -2.56. The number of aromatic nitrogens is 4. The van der Waals surface area contributed by atoms with E-state index in [2.05, 4.69) is 30.7 Å². The van der Waals surface area contributed by atoms with Crippen LogP contribution in [0.5, 0.6) is 5.75 Å². The molecular weight excluding hydrogens is 453 g/mol. The SMILES string of the molecule is Cc1cc(N2C[C@H]3CC[C@@H](C2)[C@@H]3Nc2nc3c(OCC(C)(C)C(F)(F)F)cccn3n2)sn1. The van der Waals surface area contributed by atoms with Gasteiger partial charge in [0.05, 0.1) is 11.1 Å². The van der Waals surface area contributed by atoms with Crippen LogP contribution in [0.4, 0.5) is 24.1 Å². The molecule has 4 heterocycles. The van der Waals surface area contributed by atoms with E-state index in [1.165, 1.54) is 5.00 Å². The van der Waals surface area contributed by atoms with Crippen molar-refractivity contribution in [1.29, 1.82) is 0 Å². The van der Waals surface area contributed by atoms with E-state index in [1.54, 1.807) is 34.4 Å². The van der Waals surface area contributed by atoms with E-state index in [4.69, 9.17) is 4.74 Å². The van der Waals surface area contributed by atoms with Gasteiger partial charge in [0, 0.05) is 25.3 Å². The van der Waals surface area contributed by atoms with Gasteiger partial charge in [-0.2, -0.15) is 22.5 Å². The third-order valence-corrected chi connectivity index (χ3v) is 7.68. The molecule has 1 saturated carbocycles. The summed E-state index contributed by atoms with van der Waals surface area (Å²) in [4.78, 5) is 6.99. The van der Waals surface area contributed by atoms with Crippen molar-refractivity contribution in [2.24, 2.45) is 17.3 Å². The number of ether oxygens (including phenoxy) is 1. The molecule has 1 saturated heterocycles. The first kappa shape index (κ1) is 22.2. The molecule has 178 valence electrons. The highest BCUT2D eigenvalue weighted by molar-refractivity contribution is 7.10. The second-order valence-corrected chi connectivity index (χ2v) is 10.5. The summed E-state index contributed by atoms with van der Waals surface area (Å²) in [7, 11) is 0. The monoisotopic (exact) mass is 480 g/mol. The van der Waals surface area contributed by atoms with Crippen molar-refractivity contribution in [1.82, 2.24) is 19.0 Å². The number of rotatable bonds is 6. The molecule has 3 atom stereocenters. The van der Waals surface area contributed by atoms with Gasteiger partial charge in [-0.3, -0.25) is 0 Å². The minimum absolute atomic E-state index is 0.265. The number of hydrogen-bond donors (Lipinski definition) is 1. The van der Waals surface area contributed by atoms with E-state index in [9.17, 15) is 13.2 Å². The molecule has 1 aliphatic carbocycles. The van der Waals surface area contributed by atoms with Gasteiger partial charge < -0.3 is 15.0 Å². The summed E-state index contributed by atoms with van der Waals surface area (Å²) in [6, 6.07) is 5.73. The van der Waals surface area contributed by atoms with Crippen LogP contribution in [-0.4, -0.2) is 50.9 Å². The number of pyridine rings is 1. The highest BCUT2D eigenvalue weighted by Gasteiger charge is 2.48. The maximum atomic E-state index is 13.2. The first-order valence-corrected chi connectivity index (χ1v) is 11.9. The Morgan fingerprint density at radius 1 is 1.21 bits per heavy atom. The second-order valence-electron chi connectivity index (χ2n) is 9.73. The molecule has 2 aliphatic rings. The van der Waals surface area contributed by atoms with Gasteiger partial charge in [0.1, 0.15) is 11.6 Å². The molecule has 1 N–H and O–H groups in total. The molecular formula is C22H27F3N6OS. The summed E-state index contributed by atoms with van der Waals surface area (Å²) in [5.41, 5.74) is -0.513. The number of nitrogens with one attached hydrogen (secondary N) is 1. The highest BCUT2D eigenvalue weighted by atomic mass is 32.1. The lowest BCUT2D eigenvalue weighted by Gasteiger charge is -2.38. The maximum Gasteiger partial charge on any atom is 0.397 e. The third kappa shape index (κ3) is 4.22. The van der Waals surface area contributed by atoms with Crippen molar-refractivity contribution in [3.63, 3.8) is 0 Å². The van der Waals surface area contributed by atoms with Crippen LogP contribution in [0.1, 0.15) is 32.4 Å². The number of nitrogens with zero attached hydrogens (tertiary/aromatic N) is 5. The summed E-state index contributed by atoms with van der Waals surface area (Å²) >= 11 is 1.55. The van der Waals surface area contributed by atoms with Crippen LogP contribution in [0.2, 0.25) is 0 Å². The fraction of sp³-hybridized carbons (Fsp3) is 0.591. The maximum absolute atomic E-state index is 13.2. The molecule has 0 unspecified atom stereocenters. The Balaban J connectivity index is 1.30. The Bertz CT molecular complexity index is 1130. The van der Waals surface area contributed by atoms with E-state index < -0.39 is 18.2 Å². The molecule has 2 fully saturated rings. The predicted octanol–water partition coefficient (Wildman–Crippen LogP) is 4.79. The van der Waals surface area contributed by atoms with E-state index in [1.807, 2.05) is 6.92 Å². The molecule has 11 heteroatoms. The lowest BCUT2D eigenvalue weighted by Crippen LogP contribution is -2.48. The molecule has 5 rings (SSSR count). The number of hydrogen-bond acceptors (Lipinski definition) is 7. The Morgan fingerprint density at radius 3 is 2.58 bits per heavy atom. The molecule has 7 nitrogen and oxygen atoms in total. The molecule has 1 aliphatic heterocycles. The molecule has 0 radical (unpaired) electrons. The smallest absolute Gasteiger partial charge is 0.397 e. The van der Waals surface area contributed by atoms with Crippen molar-refractivity contribution in [3.8, 4) is 5.75 Å². The zero-order chi connectivity index (χ0) is 23.4. The van der Waals surface area contributed by atoms with Crippen molar-refractivity contribution >= 4 is 28.1 Å². The Morgan fingerprint density at radius 2 is 1.94 bits per heavy atom. The average molecular weight is 481 g/mol. The van der Waals surface area contributed by atoms with Gasteiger partial charge in [-0.05, 0) is 75.2 Å². The van der Waals surface area contributed by atoms with Crippen LogP contribution in [0, 0.1) is 24.2 Å². The molecule has 3 aromatic rings. The van der Waals surface area contributed by atoms with Gasteiger partial charge in [-0.15, -0.1) is 5.10 Å². The minimum Gasteiger partial charge on any atom is -0.489 e. The lowest BCUT2D eigenvalue weighted by atomic mass is 9.92. The normalized spacial score (nSPS) is 23.3. The number of piperidine rings is 1.